The molecule has 5 N–H and O–H groups in total. The number of amidine groups is 1. The van der Waals surface area contributed by atoms with Crippen LogP contribution in [0.25, 0.3) is 5.65 Å². The van der Waals surface area contributed by atoms with E-state index in [-0.39, 0.29) is 17.6 Å². The summed E-state index contributed by atoms with van der Waals surface area (Å²) in [6.45, 7) is 13.5. The minimum Gasteiger partial charge on any atom is -0.484 e. The zero-order valence-corrected chi connectivity index (χ0v) is 31.7. The SMILES string of the molecule is CCN(C)CCc1cccc([NH2+]C(/C=C(\N)C(C)(C)C)=N/C(=O)N[C@H]2CC[C@@H](Oc3ccc4nnc(N5CCCC[C@@H]5C)n4c3)c3ccccc32)c1. The fourth-order valence-corrected chi connectivity index (χ4v) is 6.97. The largest absolute Gasteiger partial charge is 0.484 e. The number of hydrogen-bond acceptors (Lipinski definition) is 7. The van der Waals surface area contributed by atoms with Gasteiger partial charge >= 0.3 is 6.03 Å². The molecule has 0 bridgehead atoms. The summed E-state index contributed by atoms with van der Waals surface area (Å²) in [5.74, 6) is 2.14. The Balaban J connectivity index is 1.19. The number of nitrogens with zero attached hydrogens (tertiary/aromatic N) is 6. The standard InChI is InChI=1S/C41H55N9O2/c1-7-48(6)24-22-29-14-12-15-30(25-29)43-37(26-36(42)41(3,4)5)45-39(51)44-34-19-20-35(33-17-9-8-16-32(33)34)52-31-18-21-38-46-47-40(50(38)27-31)49-23-11-10-13-28(49)2/h8-9,12,14-18,21,25-28,34-35H,7,10-11,13,19-20,22-24,42H2,1-6H3,(H2,43,44,45,51)/p+1/b36-26-/t28-,34-,35+/m0/s1. The van der Waals surface area contributed by atoms with Gasteiger partial charge in [-0.2, -0.15) is 0 Å². The molecule has 4 aromatic rings. The molecule has 276 valence electrons. The maximum Gasteiger partial charge on any atom is 0.346 e. The molecule has 2 aromatic carbocycles. The van der Waals surface area contributed by atoms with Crippen LogP contribution in [-0.2, 0) is 6.42 Å². The normalized spacial score (nSPS) is 19.9. The molecule has 0 radical (unpaired) electrons. The number of ether oxygens (including phenoxy) is 1. The Kier molecular flexibility index (Phi) is 11.6. The molecule has 2 amide bonds. The number of allylic oxidation sites excluding steroid dienone is 1. The van der Waals surface area contributed by atoms with Gasteiger partial charge in [-0.05, 0) is 93.9 Å². The topological polar surface area (TPSA) is 130 Å². The summed E-state index contributed by atoms with van der Waals surface area (Å²) < 4.78 is 8.72. The molecule has 11 heteroatoms. The van der Waals surface area contributed by atoms with Crippen molar-refractivity contribution in [2.45, 2.75) is 91.3 Å². The average molecular weight is 707 g/mol. The number of likely N-dealkylation sites (N-methyl/N-ethyl adjacent to an activating group) is 1. The van der Waals surface area contributed by atoms with Gasteiger partial charge in [-0.1, -0.05) is 64.1 Å². The highest BCUT2D eigenvalue weighted by Gasteiger charge is 2.30. The summed E-state index contributed by atoms with van der Waals surface area (Å²) in [6, 6.07) is 20.3. The quantitative estimate of drug-likeness (QED) is 0.0982. The average Bonchev–Trinajstić information content (AvgIpc) is 3.54. The summed E-state index contributed by atoms with van der Waals surface area (Å²) in [5.41, 5.74) is 12.0. The Hall–Kier alpha value is -4.74. The Labute approximate surface area is 308 Å². The lowest BCUT2D eigenvalue weighted by atomic mass is 9.85. The summed E-state index contributed by atoms with van der Waals surface area (Å²) in [6.07, 6.45) is 9.60. The van der Waals surface area contributed by atoms with Crippen LogP contribution in [0.4, 0.5) is 16.4 Å². The van der Waals surface area contributed by atoms with E-state index in [0.29, 0.717) is 24.0 Å². The van der Waals surface area contributed by atoms with Gasteiger partial charge in [-0.3, -0.25) is 9.72 Å². The van der Waals surface area contributed by atoms with Gasteiger partial charge in [-0.25, -0.2) is 4.79 Å². The molecule has 2 aromatic heterocycles. The molecule has 2 aliphatic rings. The van der Waals surface area contributed by atoms with Crippen molar-refractivity contribution in [3.8, 4) is 5.75 Å². The highest BCUT2D eigenvalue weighted by molar-refractivity contribution is 5.96. The Bertz CT molecular complexity index is 1910. The van der Waals surface area contributed by atoms with Gasteiger partial charge in [0.2, 0.25) is 11.8 Å². The first-order chi connectivity index (χ1) is 25.0. The molecule has 11 nitrogen and oxygen atoms in total. The van der Waals surface area contributed by atoms with Crippen LogP contribution in [0, 0.1) is 5.41 Å². The number of rotatable bonds is 10. The van der Waals surface area contributed by atoms with Crippen molar-refractivity contribution >= 4 is 29.1 Å². The second kappa shape index (κ2) is 16.3. The molecule has 6 rings (SSSR count). The maximum absolute atomic E-state index is 13.6. The molecule has 1 fully saturated rings. The number of benzene rings is 2. The van der Waals surface area contributed by atoms with Crippen molar-refractivity contribution in [3.63, 3.8) is 0 Å². The van der Waals surface area contributed by atoms with E-state index in [1.165, 1.54) is 12.0 Å². The Morgan fingerprint density at radius 3 is 2.65 bits per heavy atom. The molecule has 3 heterocycles. The van der Waals surface area contributed by atoms with Gasteiger partial charge in [0.1, 0.15) is 17.5 Å². The van der Waals surface area contributed by atoms with Crippen molar-refractivity contribution in [1.29, 1.82) is 0 Å². The molecular weight excluding hydrogens is 651 g/mol. The minimum atomic E-state index is -0.401. The van der Waals surface area contributed by atoms with Crippen molar-refractivity contribution in [2.75, 3.05) is 31.6 Å². The number of anilines is 1. The number of carbonyl (C=O) groups is 1. The Morgan fingerprint density at radius 2 is 1.88 bits per heavy atom. The third-order valence-corrected chi connectivity index (χ3v) is 10.4. The number of hydrogen-bond donors (Lipinski definition) is 3. The first-order valence-corrected chi connectivity index (χ1v) is 18.8. The number of carbonyl (C=O) groups excluding carboxylic acids is 1. The van der Waals surface area contributed by atoms with Crippen LogP contribution in [0.3, 0.4) is 0 Å². The van der Waals surface area contributed by atoms with E-state index in [1.54, 1.807) is 0 Å². The zero-order valence-electron chi connectivity index (χ0n) is 31.7. The lowest BCUT2D eigenvalue weighted by Gasteiger charge is -2.33. The number of nitrogens with one attached hydrogen (secondary N) is 1. The number of pyridine rings is 1. The summed E-state index contributed by atoms with van der Waals surface area (Å²) in [4.78, 5) is 22.9. The van der Waals surface area contributed by atoms with E-state index in [1.807, 2.05) is 52.3 Å². The number of piperidine rings is 1. The minimum absolute atomic E-state index is 0.165. The summed E-state index contributed by atoms with van der Waals surface area (Å²) >= 11 is 0. The molecular formula is C41H56N9O2+. The number of fused-ring (bicyclic) bond motifs is 2. The van der Waals surface area contributed by atoms with E-state index < -0.39 is 6.03 Å². The second-order valence-corrected chi connectivity index (χ2v) is 15.4. The fourth-order valence-electron chi connectivity index (χ4n) is 6.97. The number of urea groups is 1. The van der Waals surface area contributed by atoms with E-state index in [0.717, 1.165) is 79.5 Å². The monoisotopic (exact) mass is 706 g/mol. The number of quaternary nitrogens is 1. The summed E-state index contributed by atoms with van der Waals surface area (Å²) in [7, 11) is 2.13. The van der Waals surface area contributed by atoms with Crippen LogP contribution in [0.15, 0.2) is 83.6 Å². The molecule has 1 aliphatic heterocycles. The second-order valence-electron chi connectivity index (χ2n) is 15.4. The van der Waals surface area contributed by atoms with Crippen LogP contribution in [0.5, 0.6) is 5.75 Å². The van der Waals surface area contributed by atoms with Crippen molar-refractivity contribution in [2.24, 2.45) is 16.1 Å². The fraction of sp³-hybridized carbons (Fsp3) is 0.463. The highest BCUT2D eigenvalue weighted by atomic mass is 16.5. The van der Waals surface area contributed by atoms with Crippen molar-refractivity contribution in [1.82, 2.24) is 24.8 Å². The molecule has 0 spiro atoms. The van der Waals surface area contributed by atoms with Crippen LogP contribution in [0.2, 0.25) is 0 Å². The van der Waals surface area contributed by atoms with Gasteiger partial charge in [-0.15, -0.1) is 15.2 Å². The molecule has 1 saturated heterocycles. The predicted octanol–water partition coefficient (Wildman–Crippen LogP) is 6.45. The lowest BCUT2D eigenvalue weighted by Crippen LogP contribution is -2.82. The van der Waals surface area contributed by atoms with Gasteiger partial charge in [0.15, 0.2) is 5.65 Å². The lowest BCUT2D eigenvalue weighted by molar-refractivity contribution is -0.441. The van der Waals surface area contributed by atoms with Crippen LogP contribution in [0.1, 0.15) is 95.6 Å². The van der Waals surface area contributed by atoms with Gasteiger partial charge in [0.05, 0.1) is 12.2 Å². The van der Waals surface area contributed by atoms with Crippen LogP contribution < -0.4 is 26.0 Å². The van der Waals surface area contributed by atoms with Crippen molar-refractivity contribution in [3.05, 3.63) is 95.3 Å². The number of nitrogens with two attached hydrogens (primary N) is 2. The van der Waals surface area contributed by atoms with E-state index in [4.69, 9.17) is 10.5 Å². The molecule has 52 heavy (non-hydrogen) atoms. The van der Waals surface area contributed by atoms with Crippen LogP contribution in [-0.4, -0.2) is 64.1 Å². The number of amides is 2. The van der Waals surface area contributed by atoms with Gasteiger partial charge in [0.25, 0.3) is 0 Å². The third-order valence-electron chi connectivity index (χ3n) is 10.4. The van der Waals surface area contributed by atoms with Crippen molar-refractivity contribution < 1.29 is 14.8 Å². The maximum atomic E-state index is 13.6. The van der Waals surface area contributed by atoms with Gasteiger partial charge in [0, 0.05) is 42.4 Å². The van der Waals surface area contributed by atoms with E-state index in [2.05, 4.69) is 102 Å². The number of aromatic nitrogens is 3. The third kappa shape index (κ3) is 9.00. The first-order valence-electron chi connectivity index (χ1n) is 18.8. The number of aliphatic imine (C=N–C) groups is 1. The predicted molar refractivity (Wildman–Crippen MR) is 208 cm³/mol. The highest BCUT2D eigenvalue weighted by Crippen LogP contribution is 2.39. The van der Waals surface area contributed by atoms with E-state index in [9.17, 15) is 4.79 Å². The molecule has 1 aliphatic carbocycles. The molecule has 3 atom stereocenters. The first kappa shape index (κ1) is 37.0. The molecule has 0 unspecified atom stereocenters. The summed E-state index contributed by atoms with van der Waals surface area (Å²) in [5, 5.41) is 14.1. The Morgan fingerprint density at radius 1 is 1.08 bits per heavy atom. The van der Waals surface area contributed by atoms with E-state index >= 15 is 0 Å². The smallest absolute Gasteiger partial charge is 0.346 e. The molecule has 0 saturated carbocycles. The van der Waals surface area contributed by atoms with Crippen LogP contribution >= 0.6 is 0 Å². The van der Waals surface area contributed by atoms with Gasteiger partial charge < -0.3 is 25.6 Å². The zero-order chi connectivity index (χ0) is 36.8.